The van der Waals surface area contributed by atoms with Crippen LogP contribution in [0.2, 0.25) is 0 Å². The molecule has 0 amide bonds. The molecular weight excluding hydrogens is 229 g/mol. The van der Waals surface area contributed by atoms with Crippen molar-refractivity contribution < 1.29 is 13.2 Å². The van der Waals surface area contributed by atoms with E-state index in [0.717, 1.165) is 6.07 Å². The van der Waals surface area contributed by atoms with Gasteiger partial charge in [0.05, 0.1) is 5.56 Å². The van der Waals surface area contributed by atoms with Gasteiger partial charge in [-0.05, 0) is 23.6 Å². The van der Waals surface area contributed by atoms with Crippen LogP contribution in [-0.4, -0.2) is 6.54 Å². The van der Waals surface area contributed by atoms with Gasteiger partial charge in [-0.3, -0.25) is 0 Å². The quantitative estimate of drug-likeness (QED) is 0.780. The number of halogens is 3. The minimum absolute atomic E-state index is 0.000216. The molecule has 1 rings (SSSR count). The Hall–Kier alpha value is -1.39. The maximum Gasteiger partial charge on any atom is 0.418 e. The minimum atomic E-state index is -4.41. The zero-order valence-corrected chi connectivity index (χ0v) is 10.2. The second kappa shape index (κ2) is 4.47. The average molecular weight is 246 g/mol. The molecule has 0 aliphatic rings. The van der Waals surface area contributed by atoms with E-state index in [1.165, 1.54) is 6.07 Å². The molecular formula is C12H17F3N2. The van der Waals surface area contributed by atoms with Crippen molar-refractivity contribution in [2.45, 2.75) is 26.9 Å². The molecule has 0 heterocycles. The first-order valence-electron chi connectivity index (χ1n) is 5.30. The highest BCUT2D eigenvalue weighted by molar-refractivity contribution is 5.58. The van der Waals surface area contributed by atoms with Crippen LogP contribution < -0.4 is 11.1 Å². The number of alkyl halides is 3. The third-order valence-electron chi connectivity index (χ3n) is 2.18. The molecule has 0 fully saturated rings. The number of anilines is 2. The topological polar surface area (TPSA) is 38.0 Å². The monoisotopic (exact) mass is 246 g/mol. The van der Waals surface area contributed by atoms with Crippen LogP contribution in [0.5, 0.6) is 0 Å². The first kappa shape index (κ1) is 13.7. The van der Waals surface area contributed by atoms with Crippen molar-refractivity contribution in [2.24, 2.45) is 5.41 Å². The lowest BCUT2D eigenvalue weighted by atomic mass is 9.97. The molecule has 0 aliphatic carbocycles. The average Bonchev–Trinajstić information content (AvgIpc) is 2.13. The first-order chi connectivity index (χ1) is 7.59. The normalized spacial score (nSPS) is 12.6. The summed E-state index contributed by atoms with van der Waals surface area (Å²) < 4.78 is 37.8. The van der Waals surface area contributed by atoms with Gasteiger partial charge in [0.15, 0.2) is 0 Å². The molecule has 0 saturated heterocycles. The second-order valence-electron chi connectivity index (χ2n) is 5.21. The highest BCUT2D eigenvalue weighted by Gasteiger charge is 2.33. The summed E-state index contributed by atoms with van der Waals surface area (Å²) in [5, 5.41) is 2.97. The number of nitrogen functional groups attached to an aromatic ring is 1. The number of benzene rings is 1. The van der Waals surface area contributed by atoms with Crippen molar-refractivity contribution in [1.29, 1.82) is 0 Å². The lowest BCUT2D eigenvalue weighted by molar-refractivity contribution is -0.136. The van der Waals surface area contributed by atoms with E-state index in [2.05, 4.69) is 5.32 Å². The fourth-order valence-corrected chi connectivity index (χ4v) is 1.28. The molecule has 0 spiro atoms. The van der Waals surface area contributed by atoms with Crippen LogP contribution >= 0.6 is 0 Å². The van der Waals surface area contributed by atoms with Gasteiger partial charge in [0, 0.05) is 17.9 Å². The number of nitrogens with two attached hydrogens (primary N) is 1. The van der Waals surface area contributed by atoms with Gasteiger partial charge in [-0.2, -0.15) is 13.2 Å². The largest absolute Gasteiger partial charge is 0.418 e. The van der Waals surface area contributed by atoms with Crippen molar-refractivity contribution in [3.05, 3.63) is 23.8 Å². The summed E-state index contributed by atoms with van der Waals surface area (Å²) in [4.78, 5) is 0. The zero-order valence-electron chi connectivity index (χ0n) is 10.2. The summed E-state index contributed by atoms with van der Waals surface area (Å²) in [6.07, 6.45) is -4.41. The Labute approximate surface area is 99.0 Å². The van der Waals surface area contributed by atoms with E-state index in [1.807, 2.05) is 20.8 Å². The van der Waals surface area contributed by atoms with Gasteiger partial charge in [-0.15, -0.1) is 0 Å². The summed E-state index contributed by atoms with van der Waals surface area (Å²) >= 11 is 0. The van der Waals surface area contributed by atoms with Crippen LogP contribution in [0.25, 0.3) is 0 Å². The van der Waals surface area contributed by atoms with E-state index < -0.39 is 11.7 Å². The van der Waals surface area contributed by atoms with Gasteiger partial charge in [0.1, 0.15) is 0 Å². The smallest absolute Gasteiger partial charge is 0.398 e. The Bertz CT molecular complexity index is 392. The Morgan fingerprint density at radius 3 is 2.24 bits per heavy atom. The van der Waals surface area contributed by atoms with Crippen molar-refractivity contribution in [2.75, 3.05) is 17.6 Å². The fourth-order valence-electron chi connectivity index (χ4n) is 1.28. The molecule has 17 heavy (non-hydrogen) atoms. The molecule has 0 aliphatic heterocycles. The summed E-state index contributed by atoms with van der Waals surface area (Å²) in [6.45, 7) is 6.60. The molecule has 0 unspecified atom stereocenters. The van der Waals surface area contributed by atoms with Crippen LogP contribution in [-0.2, 0) is 6.18 Å². The van der Waals surface area contributed by atoms with E-state index >= 15 is 0 Å². The minimum Gasteiger partial charge on any atom is -0.398 e. The molecule has 3 N–H and O–H groups in total. The molecule has 1 aromatic carbocycles. The molecule has 0 bridgehead atoms. The van der Waals surface area contributed by atoms with Crippen LogP contribution in [0.1, 0.15) is 26.3 Å². The summed E-state index contributed by atoms with van der Waals surface area (Å²) in [6, 6.07) is 3.87. The standard InChI is InChI=1S/C12H17F3N2/c1-11(2,3)7-17-8-4-5-10(16)9(6-8)12(13,14)15/h4-6,17H,7,16H2,1-3H3. The Kier molecular flexibility index (Phi) is 3.59. The maximum absolute atomic E-state index is 12.6. The Morgan fingerprint density at radius 2 is 1.76 bits per heavy atom. The van der Waals surface area contributed by atoms with Gasteiger partial charge in [-0.1, -0.05) is 20.8 Å². The number of hydrogen-bond acceptors (Lipinski definition) is 2. The molecule has 96 valence electrons. The van der Waals surface area contributed by atoms with Gasteiger partial charge < -0.3 is 11.1 Å². The molecule has 0 radical (unpaired) electrons. The molecule has 5 heteroatoms. The Morgan fingerprint density at radius 1 is 1.18 bits per heavy atom. The summed E-state index contributed by atoms with van der Waals surface area (Å²) in [7, 11) is 0. The van der Waals surface area contributed by atoms with Crippen molar-refractivity contribution >= 4 is 11.4 Å². The van der Waals surface area contributed by atoms with Crippen molar-refractivity contribution in [3.8, 4) is 0 Å². The molecule has 0 saturated carbocycles. The van der Waals surface area contributed by atoms with E-state index in [-0.39, 0.29) is 11.1 Å². The maximum atomic E-state index is 12.6. The number of rotatable bonds is 2. The van der Waals surface area contributed by atoms with Gasteiger partial charge in [0.2, 0.25) is 0 Å². The molecule has 0 atom stereocenters. The third-order valence-corrected chi connectivity index (χ3v) is 2.18. The summed E-state index contributed by atoms with van der Waals surface area (Å²) in [5.74, 6) is 0. The van der Waals surface area contributed by atoms with Crippen molar-refractivity contribution in [3.63, 3.8) is 0 Å². The summed E-state index contributed by atoms with van der Waals surface area (Å²) in [5.41, 5.74) is 4.70. The second-order valence-corrected chi connectivity index (χ2v) is 5.21. The zero-order chi connectivity index (χ0) is 13.3. The lowest BCUT2D eigenvalue weighted by Crippen LogP contribution is -2.19. The van der Waals surface area contributed by atoms with Crippen LogP contribution in [0.15, 0.2) is 18.2 Å². The SMILES string of the molecule is CC(C)(C)CNc1ccc(N)c(C(F)(F)F)c1. The fraction of sp³-hybridized carbons (Fsp3) is 0.500. The van der Waals surface area contributed by atoms with Crippen LogP contribution in [0.3, 0.4) is 0 Å². The van der Waals surface area contributed by atoms with E-state index in [0.29, 0.717) is 12.2 Å². The third kappa shape index (κ3) is 4.17. The van der Waals surface area contributed by atoms with E-state index in [9.17, 15) is 13.2 Å². The van der Waals surface area contributed by atoms with Gasteiger partial charge >= 0.3 is 6.18 Å². The van der Waals surface area contributed by atoms with Crippen molar-refractivity contribution in [1.82, 2.24) is 0 Å². The lowest BCUT2D eigenvalue weighted by Gasteiger charge is -2.20. The van der Waals surface area contributed by atoms with Crippen LogP contribution in [0, 0.1) is 5.41 Å². The predicted octanol–water partition coefficient (Wildman–Crippen LogP) is 3.75. The van der Waals surface area contributed by atoms with Crippen LogP contribution in [0.4, 0.5) is 24.5 Å². The van der Waals surface area contributed by atoms with Gasteiger partial charge in [0.25, 0.3) is 0 Å². The van der Waals surface area contributed by atoms with Gasteiger partial charge in [-0.25, -0.2) is 0 Å². The molecule has 0 aromatic heterocycles. The first-order valence-corrected chi connectivity index (χ1v) is 5.30. The Balaban J connectivity index is 2.90. The molecule has 1 aromatic rings. The highest BCUT2D eigenvalue weighted by atomic mass is 19.4. The highest BCUT2D eigenvalue weighted by Crippen LogP contribution is 2.35. The number of hydrogen-bond donors (Lipinski definition) is 2. The molecule has 2 nitrogen and oxygen atoms in total. The number of nitrogens with one attached hydrogen (secondary N) is 1. The predicted molar refractivity (Wildman–Crippen MR) is 63.8 cm³/mol. The van der Waals surface area contributed by atoms with E-state index in [1.54, 1.807) is 6.07 Å². The van der Waals surface area contributed by atoms with E-state index in [4.69, 9.17) is 5.73 Å².